The summed E-state index contributed by atoms with van der Waals surface area (Å²) in [7, 11) is 1.95. The molecule has 0 spiro atoms. The van der Waals surface area contributed by atoms with E-state index < -0.39 is 30.0 Å². The Bertz CT molecular complexity index is 1420. The molecule has 10 nitrogen and oxygen atoms in total. The third-order valence-corrected chi connectivity index (χ3v) is 8.67. The predicted octanol–water partition coefficient (Wildman–Crippen LogP) is 4.29. The predicted molar refractivity (Wildman–Crippen MR) is 152 cm³/mol. The highest BCUT2D eigenvalue weighted by molar-refractivity contribution is 5.98. The van der Waals surface area contributed by atoms with Crippen molar-refractivity contribution in [3.05, 3.63) is 53.2 Å². The lowest BCUT2D eigenvalue weighted by Gasteiger charge is -2.33. The van der Waals surface area contributed by atoms with Gasteiger partial charge in [0.2, 0.25) is 5.91 Å². The number of hydrogen-bond acceptors (Lipinski definition) is 5. The van der Waals surface area contributed by atoms with Crippen LogP contribution in [0.4, 0.5) is 4.79 Å². The van der Waals surface area contributed by atoms with E-state index in [1.54, 1.807) is 6.92 Å². The molecule has 0 radical (unpaired) electrons. The molecule has 5 N–H and O–H groups in total. The number of imide groups is 1. The fourth-order valence-corrected chi connectivity index (χ4v) is 6.79. The zero-order chi connectivity index (χ0) is 28.7. The Hall–Kier alpha value is -3.66. The second kappa shape index (κ2) is 11.1. The molecule has 1 aromatic carbocycles. The van der Waals surface area contributed by atoms with E-state index in [-0.39, 0.29) is 29.9 Å². The quantitative estimate of drug-likeness (QED) is 0.314. The van der Waals surface area contributed by atoms with Crippen molar-refractivity contribution in [2.75, 3.05) is 0 Å². The highest BCUT2D eigenvalue weighted by atomic mass is 16.4. The monoisotopic (exact) mass is 548 g/mol. The van der Waals surface area contributed by atoms with E-state index in [4.69, 9.17) is 5.73 Å². The molecule has 214 valence electrons. The first-order valence-electron chi connectivity index (χ1n) is 14.2. The molecule has 2 fully saturated rings. The molecule has 2 aromatic heterocycles. The minimum absolute atomic E-state index is 0.00833. The highest BCUT2D eigenvalue weighted by Gasteiger charge is 2.43. The number of nitrogens with zero attached hydrogens (tertiary/aromatic N) is 3. The number of fused-ring (bicyclic) bond motifs is 3. The smallest absolute Gasteiger partial charge is 0.356 e. The molecule has 2 bridgehead atoms. The summed E-state index contributed by atoms with van der Waals surface area (Å²) in [5.74, 6) is -0.252. The van der Waals surface area contributed by atoms with Gasteiger partial charge < -0.3 is 25.7 Å². The van der Waals surface area contributed by atoms with Crippen molar-refractivity contribution < 1.29 is 19.5 Å². The van der Waals surface area contributed by atoms with Crippen molar-refractivity contribution in [2.45, 2.75) is 77.4 Å². The lowest BCUT2D eigenvalue weighted by molar-refractivity contribution is -0.132. The van der Waals surface area contributed by atoms with Crippen molar-refractivity contribution in [3.8, 4) is 0 Å². The van der Waals surface area contributed by atoms with Gasteiger partial charge >= 0.3 is 12.0 Å². The number of aromatic carboxylic acids is 1. The molecule has 5 rings (SSSR count). The molecular weight excluding hydrogens is 508 g/mol. The molecule has 5 atom stereocenters. The zero-order valence-electron chi connectivity index (χ0n) is 23.7. The van der Waals surface area contributed by atoms with E-state index in [0.717, 1.165) is 35.7 Å². The number of para-hydroxylation sites is 1. The van der Waals surface area contributed by atoms with Crippen LogP contribution in [-0.2, 0) is 18.3 Å². The molecule has 40 heavy (non-hydrogen) atoms. The van der Waals surface area contributed by atoms with Crippen molar-refractivity contribution >= 4 is 28.8 Å². The van der Waals surface area contributed by atoms with Crippen LogP contribution in [0, 0.1) is 24.7 Å². The van der Waals surface area contributed by atoms with E-state index in [1.165, 1.54) is 11.3 Å². The van der Waals surface area contributed by atoms with E-state index in [1.807, 2.05) is 55.9 Å². The fraction of sp³-hybridized carbons (Fsp3) is 0.533. The van der Waals surface area contributed by atoms with E-state index in [0.29, 0.717) is 24.0 Å². The van der Waals surface area contributed by atoms with Crippen molar-refractivity contribution in [1.82, 2.24) is 24.8 Å². The number of benzene rings is 1. The van der Waals surface area contributed by atoms with Gasteiger partial charge in [0, 0.05) is 42.3 Å². The van der Waals surface area contributed by atoms with Crippen molar-refractivity contribution in [3.63, 3.8) is 0 Å². The summed E-state index contributed by atoms with van der Waals surface area (Å²) in [6, 6.07) is 5.65. The average molecular weight is 549 g/mol. The van der Waals surface area contributed by atoms with Crippen LogP contribution < -0.4 is 11.1 Å². The lowest BCUT2D eigenvalue weighted by Crippen LogP contribution is -2.55. The molecule has 3 unspecified atom stereocenters. The topological polar surface area (TPSA) is 146 Å². The first-order valence-corrected chi connectivity index (χ1v) is 14.2. The molecule has 2 heterocycles. The summed E-state index contributed by atoms with van der Waals surface area (Å²) in [5, 5.41) is 13.9. The summed E-state index contributed by atoms with van der Waals surface area (Å²) >= 11 is 0. The maximum Gasteiger partial charge on any atom is 0.356 e. The van der Waals surface area contributed by atoms with Crippen LogP contribution >= 0.6 is 0 Å². The van der Waals surface area contributed by atoms with Gasteiger partial charge in [-0.3, -0.25) is 9.69 Å². The van der Waals surface area contributed by atoms with Crippen LogP contribution in [0.2, 0.25) is 0 Å². The lowest BCUT2D eigenvalue weighted by atomic mass is 9.95. The van der Waals surface area contributed by atoms with Crippen LogP contribution in [0.1, 0.15) is 79.6 Å². The number of amides is 3. The van der Waals surface area contributed by atoms with Gasteiger partial charge in [0.15, 0.2) is 5.69 Å². The molecule has 3 aromatic rings. The molecule has 10 heteroatoms. The second-order valence-corrected chi connectivity index (χ2v) is 12.1. The summed E-state index contributed by atoms with van der Waals surface area (Å²) in [4.78, 5) is 48.7. The number of urea groups is 1. The maximum atomic E-state index is 14.1. The number of nitrogens with one attached hydrogen (secondary N) is 2. The fourth-order valence-electron chi connectivity index (χ4n) is 6.79. The van der Waals surface area contributed by atoms with E-state index in [2.05, 4.69) is 15.3 Å². The van der Waals surface area contributed by atoms with Crippen LogP contribution in [0.3, 0.4) is 0 Å². The summed E-state index contributed by atoms with van der Waals surface area (Å²) < 4.78 is 2.00. The van der Waals surface area contributed by atoms with E-state index in [9.17, 15) is 19.5 Å². The molecule has 2 aliphatic carbocycles. The minimum Gasteiger partial charge on any atom is -0.476 e. The standard InChI is InChI=1S/C30H40N6O4/c1-16(2)11-22(31)28(37)36(30(40)33-23-13-18-9-10-19(23)12-18)25(27-32-17(3)26(34-27)29(38)39)14-20-15-35(4)24-8-6-5-7-21(20)24/h5-8,15-16,18-19,22-23,25H,9-14,31H2,1-4H3,(H,32,34)(H,33,40)(H,38,39)/t18?,19?,22-,23?,25+/m0/s1. The number of aromatic amines is 1. The summed E-state index contributed by atoms with van der Waals surface area (Å²) in [5.41, 5.74) is 8.56. The zero-order valence-corrected chi connectivity index (χ0v) is 23.7. The maximum absolute atomic E-state index is 14.1. The number of carbonyl (C=O) groups is 3. The Morgan fingerprint density at radius 1 is 1.23 bits per heavy atom. The van der Waals surface area contributed by atoms with Gasteiger partial charge in [-0.1, -0.05) is 38.5 Å². The van der Waals surface area contributed by atoms with Gasteiger partial charge in [-0.25, -0.2) is 14.6 Å². The number of carboxylic acids is 1. The van der Waals surface area contributed by atoms with E-state index >= 15 is 0 Å². The first kappa shape index (κ1) is 27.9. The molecule has 0 aliphatic heterocycles. The number of aryl methyl sites for hydroxylation is 2. The summed E-state index contributed by atoms with van der Waals surface area (Å²) in [6.45, 7) is 5.59. The Morgan fingerprint density at radius 3 is 2.60 bits per heavy atom. The molecule has 2 aliphatic rings. The largest absolute Gasteiger partial charge is 0.476 e. The molecular formula is C30H40N6O4. The van der Waals surface area contributed by atoms with Gasteiger partial charge in [-0.05, 0) is 62.0 Å². The second-order valence-electron chi connectivity index (χ2n) is 12.1. The summed E-state index contributed by atoms with van der Waals surface area (Å²) in [6.07, 6.45) is 6.92. The average Bonchev–Trinajstić information content (AvgIpc) is 3.67. The SMILES string of the molecule is Cc1[nH]c([C@@H](Cc2cn(C)c3ccccc23)N(C(=O)NC2CC3CCC2C3)C(=O)[C@@H](N)CC(C)C)nc1C(=O)O. The van der Waals surface area contributed by atoms with Gasteiger partial charge in [-0.15, -0.1) is 0 Å². The number of carbonyl (C=O) groups excluding carboxylic acids is 2. The number of carboxylic acid groups (broad SMARTS) is 1. The third kappa shape index (κ3) is 5.37. The number of rotatable bonds is 9. The van der Waals surface area contributed by atoms with Crippen molar-refractivity contribution in [2.24, 2.45) is 30.5 Å². The number of aromatic nitrogens is 3. The van der Waals surface area contributed by atoms with Crippen LogP contribution in [0.25, 0.3) is 10.9 Å². The molecule has 2 saturated carbocycles. The van der Waals surface area contributed by atoms with Gasteiger partial charge in [0.25, 0.3) is 0 Å². The van der Waals surface area contributed by atoms with Gasteiger partial charge in [0.05, 0.1) is 6.04 Å². The molecule has 3 amide bonds. The van der Waals surface area contributed by atoms with Crippen LogP contribution in [-0.4, -0.2) is 54.5 Å². The molecule has 0 saturated heterocycles. The Kier molecular flexibility index (Phi) is 7.72. The van der Waals surface area contributed by atoms with Gasteiger partial charge in [0.1, 0.15) is 11.9 Å². The highest BCUT2D eigenvalue weighted by Crippen LogP contribution is 2.44. The third-order valence-electron chi connectivity index (χ3n) is 8.67. The number of nitrogens with two attached hydrogens (primary N) is 1. The first-order chi connectivity index (χ1) is 19.0. The number of H-pyrrole nitrogens is 1. The minimum atomic E-state index is -1.18. The Labute approximate surface area is 234 Å². The Morgan fingerprint density at radius 2 is 1.98 bits per heavy atom. The normalized spacial score (nSPS) is 21.6. The number of hydrogen-bond donors (Lipinski definition) is 4. The Balaban J connectivity index is 1.58. The van der Waals surface area contributed by atoms with Gasteiger partial charge in [-0.2, -0.15) is 0 Å². The van der Waals surface area contributed by atoms with Crippen LogP contribution in [0.15, 0.2) is 30.5 Å². The number of imidazole rings is 1. The van der Waals surface area contributed by atoms with Crippen LogP contribution in [0.5, 0.6) is 0 Å². The van der Waals surface area contributed by atoms with Crippen molar-refractivity contribution in [1.29, 1.82) is 0 Å².